The number of aromatic nitrogens is 2. The summed E-state index contributed by atoms with van der Waals surface area (Å²) in [6.45, 7) is 3.07. The molecule has 1 fully saturated rings. The van der Waals surface area contributed by atoms with Gasteiger partial charge in [-0.1, -0.05) is 22.9 Å². The third-order valence-electron chi connectivity index (χ3n) is 5.35. The molecule has 5 rings (SSSR count). The highest BCUT2D eigenvalue weighted by molar-refractivity contribution is 6.29. The highest BCUT2D eigenvalue weighted by atomic mass is 16.7. The minimum atomic E-state index is -0.684. The highest BCUT2D eigenvalue weighted by Crippen LogP contribution is 2.28. The smallest absolute Gasteiger partial charge is 0.469 e. The molecule has 33 heavy (non-hydrogen) atoms. The van der Waals surface area contributed by atoms with Gasteiger partial charge >= 0.3 is 11.9 Å². The lowest BCUT2D eigenvalue weighted by Crippen LogP contribution is -2.53. The monoisotopic (exact) mass is 450 g/mol. The molecular weight excluding hydrogens is 430 g/mol. The number of carbonyl (C=O) groups is 3. The first-order valence-corrected chi connectivity index (χ1v) is 10.2. The SMILES string of the molecule is Cc1ccc(NC(=O)C[N+]2=C3C=C4OCOC4C=C3C(=O)N(Cc3nc(C)no3)C2=O)cc1. The normalized spacial score (nSPS) is 19.6. The number of urea groups is 1. The Bertz CT molecular complexity index is 1260. The maximum absolute atomic E-state index is 13.3. The molecule has 0 radical (unpaired) electrons. The van der Waals surface area contributed by atoms with E-state index in [1.165, 1.54) is 4.58 Å². The zero-order chi connectivity index (χ0) is 23.1. The largest absolute Gasteiger partial charge is 0.502 e. The minimum absolute atomic E-state index is 0.0363. The van der Waals surface area contributed by atoms with E-state index >= 15 is 0 Å². The molecule has 1 aromatic heterocycles. The molecule has 3 aliphatic rings. The molecule has 11 nitrogen and oxygen atoms in total. The number of allylic oxidation sites excluding steroid dienone is 1. The molecule has 11 heteroatoms. The van der Waals surface area contributed by atoms with Gasteiger partial charge in [0.1, 0.15) is 23.1 Å². The van der Waals surface area contributed by atoms with Gasteiger partial charge in [0.15, 0.2) is 25.7 Å². The number of nitrogens with one attached hydrogen (secondary N) is 1. The Morgan fingerprint density at radius 2 is 2.03 bits per heavy atom. The van der Waals surface area contributed by atoms with Gasteiger partial charge in [0, 0.05) is 11.8 Å². The van der Waals surface area contributed by atoms with E-state index in [0.717, 1.165) is 10.5 Å². The Kier molecular flexibility index (Phi) is 5.09. The number of carbonyl (C=O) groups excluding carboxylic acids is 3. The minimum Gasteiger partial charge on any atom is -0.469 e. The first kappa shape index (κ1) is 20.8. The van der Waals surface area contributed by atoms with E-state index in [4.69, 9.17) is 14.0 Å². The fourth-order valence-electron chi connectivity index (χ4n) is 3.74. The zero-order valence-electron chi connectivity index (χ0n) is 17.9. The van der Waals surface area contributed by atoms with Crippen LogP contribution in [0.15, 0.2) is 52.3 Å². The van der Waals surface area contributed by atoms with Crippen molar-refractivity contribution in [1.29, 1.82) is 0 Å². The zero-order valence-corrected chi connectivity index (χ0v) is 17.9. The van der Waals surface area contributed by atoms with Crippen LogP contribution in [0.25, 0.3) is 0 Å². The quantitative estimate of drug-likeness (QED) is 0.678. The summed E-state index contributed by atoms with van der Waals surface area (Å²) in [6, 6.07) is 6.60. The Morgan fingerprint density at radius 3 is 2.76 bits per heavy atom. The summed E-state index contributed by atoms with van der Waals surface area (Å²) in [7, 11) is 0. The number of nitrogens with zero attached hydrogens (tertiary/aromatic N) is 4. The second-order valence-corrected chi connectivity index (χ2v) is 7.77. The molecule has 1 aliphatic carbocycles. The first-order valence-electron chi connectivity index (χ1n) is 10.2. The van der Waals surface area contributed by atoms with Crippen molar-refractivity contribution in [1.82, 2.24) is 15.0 Å². The van der Waals surface area contributed by atoms with Crippen molar-refractivity contribution in [3.63, 3.8) is 0 Å². The predicted molar refractivity (Wildman–Crippen MR) is 112 cm³/mol. The van der Waals surface area contributed by atoms with Gasteiger partial charge in [-0.05, 0) is 32.1 Å². The molecule has 1 unspecified atom stereocenters. The topological polar surface area (TPSA) is 127 Å². The Hall–Kier alpha value is -4.12. The van der Waals surface area contributed by atoms with Crippen LogP contribution in [0.5, 0.6) is 0 Å². The van der Waals surface area contributed by atoms with E-state index in [-0.39, 0.29) is 37.1 Å². The van der Waals surface area contributed by atoms with Crippen LogP contribution in [0, 0.1) is 13.8 Å². The molecular formula is C22H20N5O6+. The summed E-state index contributed by atoms with van der Waals surface area (Å²) in [5.74, 6) is -0.0172. The van der Waals surface area contributed by atoms with E-state index in [0.29, 0.717) is 17.3 Å². The molecule has 0 spiro atoms. The molecule has 168 valence electrons. The number of hydrogen-bond acceptors (Lipinski definition) is 8. The summed E-state index contributed by atoms with van der Waals surface area (Å²) in [5.41, 5.74) is 2.16. The number of imide groups is 1. The van der Waals surface area contributed by atoms with E-state index in [1.807, 2.05) is 19.1 Å². The summed E-state index contributed by atoms with van der Waals surface area (Å²) in [5, 5.41) is 6.47. The number of fused-ring (bicyclic) bond motifs is 2. The summed E-state index contributed by atoms with van der Waals surface area (Å²) < 4.78 is 17.2. The van der Waals surface area contributed by atoms with Crippen LogP contribution < -0.4 is 5.32 Å². The van der Waals surface area contributed by atoms with Crippen molar-refractivity contribution in [2.24, 2.45) is 0 Å². The van der Waals surface area contributed by atoms with E-state index in [2.05, 4.69) is 15.5 Å². The van der Waals surface area contributed by atoms with Gasteiger partial charge < -0.3 is 19.3 Å². The highest BCUT2D eigenvalue weighted by Gasteiger charge is 2.48. The third-order valence-corrected chi connectivity index (χ3v) is 5.35. The molecule has 2 aromatic rings. The van der Waals surface area contributed by atoms with Crippen LogP contribution >= 0.6 is 0 Å². The van der Waals surface area contributed by atoms with Crippen molar-refractivity contribution < 1.29 is 33.0 Å². The average Bonchev–Trinajstić information content (AvgIpc) is 3.43. The van der Waals surface area contributed by atoms with Crippen molar-refractivity contribution in [3.05, 3.63) is 65.0 Å². The van der Waals surface area contributed by atoms with E-state index < -0.39 is 23.9 Å². The van der Waals surface area contributed by atoms with Gasteiger partial charge in [0.05, 0.1) is 0 Å². The number of amides is 4. The van der Waals surface area contributed by atoms with Crippen molar-refractivity contribution >= 4 is 29.2 Å². The van der Waals surface area contributed by atoms with E-state index in [1.54, 1.807) is 31.2 Å². The van der Waals surface area contributed by atoms with Crippen LogP contribution in [-0.2, 0) is 25.6 Å². The van der Waals surface area contributed by atoms with Gasteiger partial charge in [0.25, 0.3) is 11.8 Å². The fourth-order valence-corrected chi connectivity index (χ4v) is 3.74. The number of benzene rings is 1. The molecule has 3 heterocycles. The van der Waals surface area contributed by atoms with Crippen molar-refractivity contribution in [2.75, 3.05) is 18.7 Å². The summed E-state index contributed by atoms with van der Waals surface area (Å²) in [6.07, 6.45) is 2.62. The molecule has 0 bridgehead atoms. The second kappa shape index (κ2) is 8.10. The molecule has 1 atom stereocenters. The van der Waals surface area contributed by atoms with Gasteiger partial charge in [-0.25, -0.2) is 4.79 Å². The number of hydrogen-bond donors (Lipinski definition) is 1. The second-order valence-electron chi connectivity index (χ2n) is 7.77. The molecule has 0 saturated carbocycles. The standard InChI is InChI=1S/C22H19N5O6/c1-12-3-5-14(6-4-12)24-19(28)9-26-16-8-18-17(31-11-32-18)7-15(16)21(29)27(22(26)30)10-20-23-13(2)25-33-20/h3-8,17H,9-11H2,1-2H3/p+1. The number of ether oxygens (including phenoxy) is 2. The summed E-state index contributed by atoms with van der Waals surface area (Å²) in [4.78, 5) is 44.4. The predicted octanol–water partition coefficient (Wildman–Crippen LogP) is 1.44. The van der Waals surface area contributed by atoms with Gasteiger partial charge in [-0.2, -0.15) is 14.4 Å². The lowest BCUT2D eigenvalue weighted by Gasteiger charge is -2.24. The molecule has 4 amide bonds. The summed E-state index contributed by atoms with van der Waals surface area (Å²) >= 11 is 0. The maximum Gasteiger partial charge on any atom is 0.502 e. The van der Waals surface area contributed by atoms with Gasteiger partial charge in [-0.3, -0.25) is 4.79 Å². The fraction of sp³-hybridized carbons (Fsp3) is 0.273. The maximum atomic E-state index is 13.3. The molecule has 1 saturated heterocycles. The number of rotatable bonds is 5. The first-order chi connectivity index (χ1) is 15.9. The van der Waals surface area contributed by atoms with Gasteiger partial charge in [-0.15, -0.1) is 4.90 Å². The lowest BCUT2D eigenvalue weighted by molar-refractivity contribution is -0.424. The van der Waals surface area contributed by atoms with Crippen LogP contribution in [0.2, 0.25) is 0 Å². The number of anilines is 1. The lowest BCUT2D eigenvalue weighted by atomic mass is 9.97. The molecule has 1 N–H and O–H groups in total. The third kappa shape index (κ3) is 3.94. The number of aryl methyl sites for hydroxylation is 2. The molecule has 2 aliphatic heterocycles. The van der Waals surface area contributed by atoms with Crippen LogP contribution in [0.4, 0.5) is 10.5 Å². The van der Waals surface area contributed by atoms with Crippen molar-refractivity contribution in [3.8, 4) is 0 Å². The Morgan fingerprint density at radius 1 is 1.24 bits per heavy atom. The van der Waals surface area contributed by atoms with Crippen LogP contribution in [-0.4, -0.2) is 62.6 Å². The Balaban J connectivity index is 1.48. The van der Waals surface area contributed by atoms with Crippen LogP contribution in [0.3, 0.4) is 0 Å². The van der Waals surface area contributed by atoms with Gasteiger partial charge in [0.2, 0.25) is 0 Å². The van der Waals surface area contributed by atoms with E-state index in [9.17, 15) is 14.4 Å². The van der Waals surface area contributed by atoms with Crippen molar-refractivity contribution in [2.45, 2.75) is 26.5 Å². The Labute approximate surface area is 188 Å². The van der Waals surface area contributed by atoms with Crippen LogP contribution in [0.1, 0.15) is 17.3 Å². The molecule has 1 aromatic carbocycles. The average molecular weight is 450 g/mol.